The molecule has 0 aliphatic heterocycles. The molecule has 0 saturated carbocycles. The van der Waals surface area contributed by atoms with E-state index in [1.165, 1.54) is 59.7 Å². The maximum atomic E-state index is 2.45. The van der Waals surface area contributed by atoms with Crippen LogP contribution in [0.15, 0.2) is 115 Å². The molecule has 0 amide bonds. The molecule has 32 heavy (non-hydrogen) atoms. The van der Waals surface area contributed by atoms with Crippen LogP contribution in [0, 0.1) is 0 Å². The molecule has 1 nitrogen and oxygen atoms in total. The van der Waals surface area contributed by atoms with E-state index in [4.69, 9.17) is 0 Å². The first-order chi connectivity index (χ1) is 15.9. The Morgan fingerprint density at radius 3 is 1.31 bits per heavy atom. The molecule has 0 radical (unpaired) electrons. The van der Waals surface area contributed by atoms with E-state index < -0.39 is 0 Å². The van der Waals surface area contributed by atoms with Crippen LogP contribution in [-0.4, -0.2) is 4.57 Å². The largest absolute Gasteiger partial charge is 0.336 e. The molecular formula is C31H21N. The molecule has 0 aliphatic rings. The summed E-state index contributed by atoms with van der Waals surface area (Å²) >= 11 is 0. The van der Waals surface area contributed by atoms with Gasteiger partial charge in [0.1, 0.15) is 0 Å². The van der Waals surface area contributed by atoms with Crippen molar-refractivity contribution >= 4 is 54.1 Å². The van der Waals surface area contributed by atoms with E-state index >= 15 is 0 Å². The fraction of sp³-hybridized carbons (Fsp3) is 0.0323. The Morgan fingerprint density at radius 1 is 0.375 bits per heavy atom. The molecule has 0 atom stereocenters. The minimum atomic E-state index is 0.852. The van der Waals surface area contributed by atoms with Crippen LogP contribution in [0.4, 0.5) is 0 Å². The van der Waals surface area contributed by atoms with Crippen LogP contribution in [0.3, 0.4) is 0 Å². The molecule has 1 aromatic heterocycles. The lowest BCUT2D eigenvalue weighted by Gasteiger charge is -2.13. The summed E-state index contributed by atoms with van der Waals surface area (Å²) in [5, 5.41) is 10.6. The predicted octanol–water partition coefficient (Wildman–Crippen LogP) is 8.30. The van der Waals surface area contributed by atoms with Crippen LogP contribution in [0.2, 0.25) is 0 Å². The highest BCUT2D eigenvalue weighted by atomic mass is 15.0. The van der Waals surface area contributed by atoms with Crippen LogP contribution in [0.5, 0.6) is 0 Å². The maximum absolute atomic E-state index is 2.45. The molecule has 0 saturated heterocycles. The van der Waals surface area contributed by atoms with E-state index in [-0.39, 0.29) is 0 Å². The molecule has 0 unspecified atom stereocenters. The quantitative estimate of drug-likeness (QED) is 0.254. The molecule has 6 aromatic carbocycles. The van der Waals surface area contributed by atoms with E-state index in [0.717, 1.165) is 6.54 Å². The lowest BCUT2D eigenvalue weighted by Crippen LogP contribution is -1.99. The molecule has 0 spiro atoms. The van der Waals surface area contributed by atoms with Gasteiger partial charge in [0.05, 0.1) is 0 Å². The van der Waals surface area contributed by atoms with Crippen molar-refractivity contribution in [2.75, 3.05) is 0 Å². The lowest BCUT2D eigenvalue weighted by atomic mass is 9.93. The highest BCUT2D eigenvalue weighted by Gasteiger charge is 2.12. The summed E-state index contributed by atoms with van der Waals surface area (Å²) in [6.07, 6.45) is 0. The number of rotatable bonds is 2. The minimum Gasteiger partial charge on any atom is -0.336 e. The van der Waals surface area contributed by atoms with Crippen LogP contribution in [0.1, 0.15) is 5.56 Å². The van der Waals surface area contributed by atoms with Gasteiger partial charge in [0.25, 0.3) is 0 Å². The highest BCUT2D eigenvalue weighted by Crippen LogP contribution is 2.36. The second kappa shape index (κ2) is 6.70. The highest BCUT2D eigenvalue weighted by molar-refractivity contribution is 6.25. The van der Waals surface area contributed by atoms with Gasteiger partial charge in [-0.05, 0) is 56.1 Å². The van der Waals surface area contributed by atoms with Gasteiger partial charge < -0.3 is 4.57 Å². The number of aromatic nitrogens is 1. The van der Waals surface area contributed by atoms with E-state index in [1.54, 1.807) is 0 Å². The van der Waals surface area contributed by atoms with Gasteiger partial charge in [-0.1, -0.05) is 97.1 Å². The van der Waals surface area contributed by atoms with Crippen molar-refractivity contribution in [2.45, 2.75) is 6.54 Å². The van der Waals surface area contributed by atoms with Crippen molar-refractivity contribution in [3.63, 3.8) is 0 Å². The predicted molar refractivity (Wildman–Crippen MR) is 138 cm³/mol. The molecule has 0 aliphatic carbocycles. The summed E-state index contributed by atoms with van der Waals surface area (Å²) in [6, 6.07) is 42.0. The first-order valence-electron chi connectivity index (χ1n) is 11.2. The van der Waals surface area contributed by atoms with Gasteiger partial charge in [-0.25, -0.2) is 0 Å². The number of nitrogens with zero attached hydrogens (tertiary/aromatic N) is 1. The molecule has 1 heteroatoms. The number of fused-ring (bicyclic) bond motifs is 9. The van der Waals surface area contributed by atoms with E-state index in [9.17, 15) is 0 Å². The average molecular weight is 408 g/mol. The van der Waals surface area contributed by atoms with Gasteiger partial charge in [-0.15, -0.1) is 0 Å². The third-order valence-corrected chi connectivity index (χ3v) is 6.83. The molecule has 0 fully saturated rings. The lowest BCUT2D eigenvalue weighted by molar-refractivity contribution is 0.870. The van der Waals surface area contributed by atoms with Gasteiger partial charge in [0.2, 0.25) is 0 Å². The van der Waals surface area contributed by atoms with Crippen LogP contribution in [-0.2, 0) is 6.54 Å². The van der Waals surface area contributed by atoms with Gasteiger partial charge in [0.15, 0.2) is 0 Å². The Morgan fingerprint density at radius 2 is 0.781 bits per heavy atom. The fourth-order valence-electron chi connectivity index (χ4n) is 5.41. The summed E-state index contributed by atoms with van der Waals surface area (Å²) in [6.45, 7) is 0.852. The summed E-state index contributed by atoms with van der Waals surface area (Å²) in [5.41, 5.74) is 3.90. The normalized spacial score (nSPS) is 11.9. The molecule has 1 heterocycles. The van der Waals surface area contributed by atoms with Gasteiger partial charge >= 0.3 is 0 Å². The Kier molecular flexibility index (Phi) is 3.68. The van der Waals surface area contributed by atoms with Crippen molar-refractivity contribution in [3.05, 3.63) is 121 Å². The zero-order valence-corrected chi connectivity index (χ0v) is 17.6. The van der Waals surface area contributed by atoms with Crippen LogP contribution >= 0.6 is 0 Å². The van der Waals surface area contributed by atoms with Crippen LogP contribution in [0.25, 0.3) is 54.1 Å². The fourth-order valence-corrected chi connectivity index (χ4v) is 5.41. The van der Waals surface area contributed by atoms with Crippen LogP contribution < -0.4 is 0 Å². The monoisotopic (exact) mass is 407 g/mol. The Labute approximate surface area is 186 Å². The topological polar surface area (TPSA) is 4.93 Å². The zero-order chi connectivity index (χ0) is 21.1. The minimum absolute atomic E-state index is 0.852. The molecule has 150 valence electrons. The third kappa shape index (κ3) is 2.45. The first-order valence-corrected chi connectivity index (χ1v) is 11.2. The number of para-hydroxylation sites is 2. The SMILES string of the molecule is c1ccc2c(c1)c1ccccc1c1cc(Cn3c4ccccc4c4ccccc43)ccc21. The van der Waals surface area contributed by atoms with E-state index in [0.29, 0.717) is 0 Å². The van der Waals surface area contributed by atoms with Gasteiger partial charge in [-0.2, -0.15) is 0 Å². The Balaban J connectivity index is 1.50. The van der Waals surface area contributed by atoms with Crippen molar-refractivity contribution in [3.8, 4) is 0 Å². The van der Waals surface area contributed by atoms with Crippen molar-refractivity contribution in [2.24, 2.45) is 0 Å². The van der Waals surface area contributed by atoms with Crippen molar-refractivity contribution in [1.82, 2.24) is 4.57 Å². The van der Waals surface area contributed by atoms with Gasteiger partial charge in [-0.3, -0.25) is 0 Å². The third-order valence-electron chi connectivity index (χ3n) is 6.83. The number of hydrogen-bond acceptors (Lipinski definition) is 0. The molecule has 7 rings (SSSR count). The second-order valence-electron chi connectivity index (χ2n) is 8.59. The zero-order valence-electron chi connectivity index (χ0n) is 17.6. The summed E-state index contributed by atoms with van der Waals surface area (Å²) in [5.74, 6) is 0. The summed E-state index contributed by atoms with van der Waals surface area (Å²) in [4.78, 5) is 0. The van der Waals surface area contributed by atoms with Crippen molar-refractivity contribution < 1.29 is 0 Å². The summed E-state index contributed by atoms with van der Waals surface area (Å²) in [7, 11) is 0. The molecule has 7 aromatic rings. The Hall–Kier alpha value is -4.10. The number of benzene rings is 6. The van der Waals surface area contributed by atoms with E-state index in [1.807, 2.05) is 0 Å². The second-order valence-corrected chi connectivity index (χ2v) is 8.59. The van der Waals surface area contributed by atoms with Crippen molar-refractivity contribution in [1.29, 1.82) is 0 Å². The van der Waals surface area contributed by atoms with Gasteiger partial charge in [0, 0.05) is 28.4 Å². The molecular weight excluding hydrogens is 386 g/mol. The first kappa shape index (κ1) is 17.6. The molecule has 0 bridgehead atoms. The Bertz CT molecular complexity index is 1710. The maximum Gasteiger partial charge on any atom is 0.0494 e. The summed E-state index contributed by atoms with van der Waals surface area (Å²) < 4.78 is 2.45. The average Bonchev–Trinajstić information content (AvgIpc) is 3.18. The number of hydrogen-bond donors (Lipinski definition) is 0. The smallest absolute Gasteiger partial charge is 0.0494 e. The molecule has 0 N–H and O–H groups in total. The standard InChI is InChI=1S/C31H21N/c1-2-11-24-22(9-1)23-10-3-4-12-25(23)29-19-21(17-18-26(24)29)20-32-30-15-7-5-13-27(30)28-14-6-8-16-31(28)32/h1-19H,20H2. The van der Waals surface area contributed by atoms with E-state index in [2.05, 4.69) is 120 Å².